The molecule has 0 spiro atoms. The molecule has 5 heteroatoms. The van der Waals surface area contributed by atoms with Gasteiger partial charge >= 0.3 is 0 Å². The molecule has 0 aliphatic heterocycles. The van der Waals surface area contributed by atoms with E-state index >= 15 is 0 Å². The second kappa shape index (κ2) is 5.50. The Labute approximate surface area is 126 Å². The lowest BCUT2D eigenvalue weighted by Gasteiger charge is -2.08. The number of nitrogens with zero attached hydrogens (tertiary/aromatic N) is 2. The summed E-state index contributed by atoms with van der Waals surface area (Å²) >= 11 is 5.82. The first-order valence-corrected chi connectivity index (χ1v) is 6.81. The standard InChI is InChI=1S/C16H12ClN3O/c1-10-9-12(11-5-2-3-6-13(11)18-10)16(21)20-15-8-4-7-14(17)19-15/h2-9H,1H3,(H,19,20,21). The van der Waals surface area contributed by atoms with Crippen LogP contribution in [-0.2, 0) is 0 Å². The Kier molecular flexibility index (Phi) is 3.54. The number of nitrogens with one attached hydrogen (secondary N) is 1. The molecule has 2 heterocycles. The molecule has 0 saturated carbocycles. The lowest BCUT2D eigenvalue weighted by molar-refractivity contribution is 0.102. The van der Waals surface area contributed by atoms with Crippen LogP contribution in [0.2, 0.25) is 5.15 Å². The highest BCUT2D eigenvalue weighted by Gasteiger charge is 2.12. The quantitative estimate of drug-likeness (QED) is 0.731. The van der Waals surface area contributed by atoms with Crippen LogP contribution in [0.4, 0.5) is 5.82 Å². The molecule has 104 valence electrons. The van der Waals surface area contributed by atoms with Gasteiger partial charge in [-0.25, -0.2) is 4.98 Å². The van der Waals surface area contributed by atoms with E-state index in [2.05, 4.69) is 15.3 Å². The molecule has 1 aromatic carbocycles. The zero-order valence-electron chi connectivity index (χ0n) is 11.3. The van der Waals surface area contributed by atoms with Crippen LogP contribution in [0.1, 0.15) is 16.1 Å². The second-order valence-corrected chi connectivity index (χ2v) is 5.02. The van der Waals surface area contributed by atoms with Crippen molar-refractivity contribution in [1.82, 2.24) is 9.97 Å². The second-order valence-electron chi connectivity index (χ2n) is 4.63. The van der Waals surface area contributed by atoms with E-state index in [1.54, 1.807) is 24.3 Å². The van der Waals surface area contributed by atoms with Crippen molar-refractivity contribution in [2.24, 2.45) is 0 Å². The third kappa shape index (κ3) is 2.85. The van der Waals surface area contributed by atoms with Gasteiger partial charge in [0, 0.05) is 11.1 Å². The molecular formula is C16H12ClN3O. The molecule has 0 aliphatic rings. The molecular weight excluding hydrogens is 286 g/mol. The summed E-state index contributed by atoms with van der Waals surface area (Å²) in [6.07, 6.45) is 0. The zero-order chi connectivity index (χ0) is 14.8. The smallest absolute Gasteiger partial charge is 0.257 e. The number of pyridine rings is 2. The summed E-state index contributed by atoms with van der Waals surface area (Å²) in [5.41, 5.74) is 2.15. The van der Waals surface area contributed by atoms with Crippen LogP contribution in [0, 0.1) is 6.92 Å². The summed E-state index contributed by atoms with van der Waals surface area (Å²) in [7, 11) is 0. The highest BCUT2D eigenvalue weighted by Crippen LogP contribution is 2.19. The summed E-state index contributed by atoms with van der Waals surface area (Å²) < 4.78 is 0. The van der Waals surface area contributed by atoms with Gasteiger partial charge in [0.1, 0.15) is 11.0 Å². The number of carbonyl (C=O) groups is 1. The van der Waals surface area contributed by atoms with Gasteiger partial charge in [-0.15, -0.1) is 0 Å². The molecule has 0 atom stereocenters. The van der Waals surface area contributed by atoms with E-state index in [-0.39, 0.29) is 5.91 Å². The molecule has 1 amide bonds. The maximum Gasteiger partial charge on any atom is 0.257 e. The predicted octanol–water partition coefficient (Wildman–Crippen LogP) is 3.84. The van der Waals surface area contributed by atoms with Crippen LogP contribution in [0.25, 0.3) is 10.9 Å². The minimum atomic E-state index is -0.230. The van der Waals surface area contributed by atoms with Gasteiger partial charge in [-0.1, -0.05) is 35.9 Å². The van der Waals surface area contributed by atoms with Crippen molar-refractivity contribution in [3.63, 3.8) is 0 Å². The van der Waals surface area contributed by atoms with Gasteiger partial charge in [-0.3, -0.25) is 9.78 Å². The molecule has 0 saturated heterocycles. The molecule has 1 N–H and O–H groups in total. The highest BCUT2D eigenvalue weighted by atomic mass is 35.5. The van der Waals surface area contributed by atoms with Crippen LogP contribution in [0.3, 0.4) is 0 Å². The minimum absolute atomic E-state index is 0.230. The fourth-order valence-corrected chi connectivity index (χ4v) is 2.32. The SMILES string of the molecule is Cc1cc(C(=O)Nc2cccc(Cl)n2)c2ccccc2n1. The number of para-hydroxylation sites is 1. The van der Waals surface area contributed by atoms with Crippen LogP contribution in [0.15, 0.2) is 48.5 Å². The third-order valence-corrected chi connectivity index (χ3v) is 3.26. The number of carbonyl (C=O) groups excluding carboxylic acids is 1. The number of fused-ring (bicyclic) bond motifs is 1. The summed E-state index contributed by atoms with van der Waals surface area (Å²) in [4.78, 5) is 21.0. The molecule has 0 fully saturated rings. The largest absolute Gasteiger partial charge is 0.306 e. The number of rotatable bonds is 2. The number of hydrogen-bond donors (Lipinski definition) is 1. The molecule has 3 aromatic rings. The van der Waals surface area contributed by atoms with Crippen LogP contribution in [0.5, 0.6) is 0 Å². The van der Waals surface area contributed by atoms with Gasteiger partial charge in [-0.05, 0) is 31.2 Å². The molecule has 0 aliphatic carbocycles. The summed E-state index contributed by atoms with van der Waals surface area (Å²) in [6.45, 7) is 1.86. The maximum atomic E-state index is 12.5. The Hall–Kier alpha value is -2.46. The van der Waals surface area contributed by atoms with E-state index in [9.17, 15) is 4.79 Å². The van der Waals surface area contributed by atoms with Crippen molar-refractivity contribution in [2.45, 2.75) is 6.92 Å². The predicted molar refractivity (Wildman–Crippen MR) is 83.7 cm³/mol. The van der Waals surface area contributed by atoms with E-state index in [1.165, 1.54) is 0 Å². The lowest BCUT2D eigenvalue weighted by atomic mass is 10.1. The Morgan fingerprint density at radius 3 is 2.71 bits per heavy atom. The average Bonchev–Trinajstić information content (AvgIpc) is 2.46. The Morgan fingerprint density at radius 2 is 1.90 bits per heavy atom. The van der Waals surface area contributed by atoms with E-state index in [0.717, 1.165) is 16.6 Å². The van der Waals surface area contributed by atoms with Gasteiger partial charge in [0.25, 0.3) is 5.91 Å². The Balaban J connectivity index is 2.02. The maximum absolute atomic E-state index is 12.5. The molecule has 21 heavy (non-hydrogen) atoms. The number of halogens is 1. The lowest BCUT2D eigenvalue weighted by Crippen LogP contribution is -2.14. The Bertz CT molecular complexity index is 833. The molecule has 0 bridgehead atoms. The van der Waals surface area contributed by atoms with Crippen molar-refractivity contribution in [3.8, 4) is 0 Å². The molecule has 0 radical (unpaired) electrons. The number of hydrogen-bond acceptors (Lipinski definition) is 3. The first-order valence-electron chi connectivity index (χ1n) is 6.44. The third-order valence-electron chi connectivity index (χ3n) is 3.05. The summed E-state index contributed by atoms with van der Waals surface area (Å²) in [5, 5.41) is 3.90. The first-order chi connectivity index (χ1) is 10.1. The number of aromatic nitrogens is 2. The van der Waals surface area contributed by atoms with Crippen molar-refractivity contribution < 1.29 is 4.79 Å². The van der Waals surface area contributed by atoms with Crippen LogP contribution in [-0.4, -0.2) is 15.9 Å². The molecule has 0 unspecified atom stereocenters. The fraction of sp³-hybridized carbons (Fsp3) is 0.0625. The van der Waals surface area contributed by atoms with Crippen molar-refractivity contribution in [3.05, 3.63) is 64.9 Å². The zero-order valence-corrected chi connectivity index (χ0v) is 12.1. The fourth-order valence-electron chi connectivity index (χ4n) is 2.16. The van der Waals surface area contributed by atoms with E-state index in [0.29, 0.717) is 16.5 Å². The van der Waals surface area contributed by atoms with Gasteiger partial charge in [0.15, 0.2) is 0 Å². The van der Waals surface area contributed by atoms with Crippen LogP contribution < -0.4 is 5.32 Å². The normalized spacial score (nSPS) is 10.6. The number of anilines is 1. The average molecular weight is 298 g/mol. The van der Waals surface area contributed by atoms with Crippen molar-refractivity contribution in [1.29, 1.82) is 0 Å². The topological polar surface area (TPSA) is 54.9 Å². The molecule has 4 nitrogen and oxygen atoms in total. The number of amides is 1. The van der Waals surface area contributed by atoms with Gasteiger partial charge in [0.2, 0.25) is 0 Å². The first kappa shape index (κ1) is 13.5. The summed E-state index contributed by atoms with van der Waals surface area (Å²) in [5.74, 6) is 0.192. The van der Waals surface area contributed by atoms with E-state index < -0.39 is 0 Å². The van der Waals surface area contributed by atoms with Crippen molar-refractivity contribution >= 4 is 34.2 Å². The van der Waals surface area contributed by atoms with Gasteiger partial charge in [0.05, 0.1) is 11.1 Å². The van der Waals surface area contributed by atoms with E-state index in [4.69, 9.17) is 11.6 Å². The highest BCUT2D eigenvalue weighted by molar-refractivity contribution is 6.29. The van der Waals surface area contributed by atoms with Gasteiger partial charge in [-0.2, -0.15) is 0 Å². The monoisotopic (exact) mass is 297 g/mol. The van der Waals surface area contributed by atoms with E-state index in [1.807, 2.05) is 31.2 Å². The van der Waals surface area contributed by atoms with Crippen LogP contribution >= 0.6 is 11.6 Å². The van der Waals surface area contributed by atoms with Gasteiger partial charge < -0.3 is 5.32 Å². The number of aryl methyl sites for hydroxylation is 1. The minimum Gasteiger partial charge on any atom is -0.306 e. The summed E-state index contributed by atoms with van der Waals surface area (Å²) in [6, 6.07) is 14.4. The van der Waals surface area contributed by atoms with Crippen molar-refractivity contribution in [2.75, 3.05) is 5.32 Å². The molecule has 3 rings (SSSR count). The number of benzene rings is 1. The Morgan fingerprint density at radius 1 is 1.10 bits per heavy atom. The molecule has 2 aromatic heterocycles.